The predicted octanol–water partition coefficient (Wildman–Crippen LogP) is 3.17. The van der Waals surface area contributed by atoms with Crippen molar-refractivity contribution in [1.29, 1.82) is 0 Å². The Hall–Kier alpha value is -0.0800. The maximum absolute atomic E-state index is 3.98. The van der Waals surface area contributed by atoms with Gasteiger partial charge in [-0.05, 0) is 69.9 Å². The Balaban J connectivity index is 1.46. The molecule has 3 aliphatic rings. The first-order chi connectivity index (χ1) is 8.62. The standard InChI is InChI=1S/C16H30N2/c1-16(2)8-5-13(6-9-16)17-14-7-11-18-10-3-4-15(18)12-14/h13-15,17H,3-12H2,1-2H3. The van der Waals surface area contributed by atoms with E-state index in [9.17, 15) is 0 Å². The van der Waals surface area contributed by atoms with E-state index in [2.05, 4.69) is 24.1 Å². The summed E-state index contributed by atoms with van der Waals surface area (Å²) in [5.41, 5.74) is 0.604. The summed E-state index contributed by atoms with van der Waals surface area (Å²) in [6.45, 7) is 7.58. The third-order valence-electron chi connectivity index (χ3n) is 5.63. The van der Waals surface area contributed by atoms with E-state index >= 15 is 0 Å². The molecule has 1 N–H and O–H groups in total. The molecule has 3 fully saturated rings. The van der Waals surface area contributed by atoms with Gasteiger partial charge in [0.15, 0.2) is 0 Å². The molecule has 0 radical (unpaired) electrons. The molecule has 0 amide bonds. The largest absolute Gasteiger partial charge is 0.311 e. The van der Waals surface area contributed by atoms with Gasteiger partial charge in [0.05, 0.1) is 0 Å². The van der Waals surface area contributed by atoms with Gasteiger partial charge in [0, 0.05) is 18.1 Å². The number of fused-ring (bicyclic) bond motifs is 1. The zero-order chi connectivity index (χ0) is 12.6. The molecule has 0 bridgehead atoms. The van der Waals surface area contributed by atoms with Crippen LogP contribution in [0.15, 0.2) is 0 Å². The molecule has 2 nitrogen and oxygen atoms in total. The van der Waals surface area contributed by atoms with Crippen molar-refractivity contribution in [3.05, 3.63) is 0 Å². The number of nitrogens with zero attached hydrogens (tertiary/aromatic N) is 1. The highest BCUT2D eigenvalue weighted by Crippen LogP contribution is 2.36. The molecule has 2 aliphatic heterocycles. The summed E-state index contributed by atoms with van der Waals surface area (Å²) in [6.07, 6.45) is 11.3. The van der Waals surface area contributed by atoms with Gasteiger partial charge in [-0.1, -0.05) is 13.8 Å². The van der Waals surface area contributed by atoms with Crippen LogP contribution >= 0.6 is 0 Å². The van der Waals surface area contributed by atoms with Crippen molar-refractivity contribution >= 4 is 0 Å². The molecule has 0 aromatic heterocycles. The van der Waals surface area contributed by atoms with Crippen LogP contribution in [0.3, 0.4) is 0 Å². The summed E-state index contributed by atoms with van der Waals surface area (Å²) in [5, 5.41) is 3.98. The molecule has 104 valence electrons. The van der Waals surface area contributed by atoms with E-state index in [1.54, 1.807) is 0 Å². The molecule has 2 heteroatoms. The molecule has 2 atom stereocenters. The summed E-state index contributed by atoms with van der Waals surface area (Å²) >= 11 is 0. The predicted molar refractivity (Wildman–Crippen MR) is 76.8 cm³/mol. The first-order valence-electron chi connectivity index (χ1n) is 8.12. The van der Waals surface area contributed by atoms with Crippen LogP contribution in [0.4, 0.5) is 0 Å². The second-order valence-corrected chi connectivity index (χ2v) is 7.66. The second-order valence-electron chi connectivity index (χ2n) is 7.66. The van der Waals surface area contributed by atoms with Gasteiger partial charge in [-0.25, -0.2) is 0 Å². The minimum absolute atomic E-state index is 0.604. The van der Waals surface area contributed by atoms with Crippen molar-refractivity contribution in [2.24, 2.45) is 5.41 Å². The van der Waals surface area contributed by atoms with Crippen molar-refractivity contribution in [1.82, 2.24) is 10.2 Å². The molecule has 1 saturated carbocycles. The third kappa shape index (κ3) is 2.91. The molecular weight excluding hydrogens is 220 g/mol. The Labute approximate surface area is 113 Å². The smallest absolute Gasteiger partial charge is 0.0111 e. The van der Waals surface area contributed by atoms with Crippen LogP contribution < -0.4 is 5.32 Å². The van der Waals surface area contributed by atoms with Gasteiger partial charge < -0.3 is 10.2 Å². The Morgan fingerprint density at radius 2 is 1.72 bits per heavy atom. The fraction of sp³-hybridized carbons (Fsp3) is 1.00. The highest BCUT2D eigenvalue weighted by atomic mass is 15.2. The number of piperidine rings is 1. The molecule has 0 spiro atoms. The molecule has 0 aromatic rings. The quantitative estimate of drug-likeness (QED) is 0.810. The van der Waals surface area contributed by atoms with Crippen LogP contribution in [0.2, 0.25) is 0 Å². The first kappa shape index (κ1) is 12.9. The van der Waals surface area contributed by atoms with E-state index in [4.69, 9.17) is 0 Å². The minimum atomic E-state index is 0.604. The second kappa shape index (κ2) is 5.13. The van der Waals surface area contributed by atoms with Gasteiger partial charge in [-0.15, -0.1) is 0 Å². The molecule has 0 aromatic carbocycles. The zero-order valence-corrected chi connectivity index (χ0v) is 12.3. The monoisotopic (exact) mass is 250 g/mol. The number of hydrogen-bond acceptors (Lipinski definition) is 2. The summed E-state index contributed by atoms with van der Waals surface area (Å²) in [5.74, 6) is 0. The van der Waals surface area contributed by atoms with Crippen molar-refractivity contribution in [2.45, 2.75) is 83.3 Å². The summed E-state index contributed by atoms with van der Waals surface area (Å²) < 4.78 is 0. The molecule has 3 rings (SSSR count). The van der Waals surface area contributed by atoms with Crippen LogP contribution in [-0.4, -0.2) is 36.1 Å². The van der Waals surface area contributed by atoms with Crippen LogP contribution in [0.1, 0.15) is 65.2 Å². The summed E-state index contributed by atoms with van der Waals surface area (Å²) in [7, 11) is 0. The van der Waals surface area contributed by atoms with E-state index in [0.29, 0.717) is 5.41 Å². The topological polar surface area (TPSA) is 15.3 Å². The lowest BCUT2D eigenvalue weighted by atomic mass is 9.75. The van der Waals surface area contributed by atoms with Crippen LogP contribution in [0.5, 0.6) is 0 Å². The summed E-state index contributed by atoms with van der Waals surface area (Å²) in [4.78, 5) is 2.72. The van der Waals surface area contributed by atoms with Gasteiger partial charge in [-0.2, -0.15) is 0 Å². The SMILES string of the molecule is CC1(C)CCC(NC2CCN3CCCC3C2)CC1. The van der Waals surface area contributed by atoms with Crippen molar-refractivity contribution in [3.8, 4) is 0 Å². The lowest BCUT2D eigenvalue weighted by Crippen LogP contribution is -2.49. The van der Waals surface area contributed by atoms with Crippen LogP contribution in [0, 0.1) is 5.41 Å². The first-order valence-corrected chi connectivity index (χ1v) is 8.12. The lowest BCUT2D eigenvalue weighted by Gasteiger charge is -2.40. The number of nitrogens with one attached hydrogen (secondary N) is 1. The van der Waals surface area contributed by atoms with Gasteiger partial charge in [-0.3, -0.25) is 0 Å². The minimum Gasteiger partial charge on any atom is -0.311 e. The van der Waals surface area contributed by atoms with Gasteiger partial charge in [0.2, 0.25) is 0 Å². The molecule has 2 unspecified atom stereocenters. The maximum Gasteiger partial charge on any atom is 0.0111 e. The number of rotatable bonds is 2. The number of hydrogen-bond donors (Lipinski definition) is 1. The van der Waals surface area contributed by atoms with Gasteiger partial charge >= 0.3 is 0 Å². The van der Waals surface area contributed by atoms with E-state index in [0.717, 1.165) is 18.1 Å². The van der Waals surface area contributed by atoms with Crippen molar-refractivity contribution in [2.75, 3.05) is 13.1 Å². The fourth-order valence-electron chi connectivity index (χ4n) is 4.28. The average Bonchev–Trinajstić information content (AvgIpc) is 2.79. The normalized spacial score (nSPS) is 37.7. The van der Waals surface area contributed by atoms with Crippen LogP contribution in [0.25, 0.3) is 0 Å². The van der Waals surface area contributed by atoms with Gasteiger partial charge in [0.1, 0.15) is 0 Å². The molecule has 18 heavy (non-hydrogen) atoms. The molecule has 2 heterocycles. The Bertz CT molecular complexity index is 277. The summed E-state index contributed by atoms with van der Waals surface area (Å²) in [6, 6.07) is 2.54. The molecule has 2 saturated heterocycles. The molecular formula is C16H30N2. The van der Waals surface area contributed by atoms with E-state index in [-0.39, 0.29) is 0 Å². The highest BCUT2D eigenvalue weighted by molar-refractivity contribution is 4.91. The lowest BCUT2D eigenvalue weighted by molar-refractivity contribution is 0.141. The molecule has 1 aliphatic carbocycles. The van der Waals surface area contributed by atoms with Crippen molar-refractivity contribution < 1.29 is 0 Å². The Morgan fingerprint density at radius 1 is 0.944 bits per heavy atom. The van der Waals surface area contributed by atoms with E-state index in [1.165, 1.54) is 64.5 Å². The van der Waals surface area contributed by atoms with Crippen LogP contribution in [-0.2, 0) is 0 Å². The van der Waals surface area contributed by atoms with E-state index < -0.39 is 0 Å². The highest BCUT2D eigenvalue weighted by Gasteiger charge is 2.33. The van der Waals surface area contributed by atoms with E-state index in [1.807, 2.05) is 0 Å². The Kier molecular flexibility index (Phi) is 3.68. The maximum atomic E-state index is 3.98. The third-order valence-corrected chi connectivity index (χ3v) is 5.63. The van der Waals surface area contributed by atoms with Gasteiger partial charge in [0.25, 0.3) is 0 Å². The Morgan fingerprint density at radius 3 is 2.50 bits per heavy atom. The average molecular weight is 250 g/mol. The zero-order valence-electron chi connectivity index (χ0n) is 12.3. The van der Waals surface area contributed by atoms with Crippen molar-refractivity contribution in [3.63, 3.8) is 0 Å². The fourth-order valence-corrected chi connectivity index (χ4v) is 4.28.